The van der Waals surface area contributed by atoms with Crippen molar-refractivity contribution in [2.45, 2.75) is 12.5 Å². The van der Waals surface area contributed by atoms with Crippen molar-refractivity contribution >= 4 is 26.0 Å². The lowest BCUT2D eigenvalue weighted by Gasteiger charge is -2.30. The van der Waals surface area contributed by atoms with Crippen molar-refractivity contribution in [1.29, 1.82) is 5.26 Å². The molecule has 0 N–H and O–H groups in total. The highest BCUT2D eigenvalue weighted by molar-refractivity contribution is 9.11. The van der Waals surface area contributed by atoms with Crippen LogP contribution in [-0.2, 0) is 14.3 Å². The Morgan fingerprint density at radius 2 is 2.24 bits per heavy atom. The highest BCUT2D eigenvalue weighted by atomic mass is 79.9. The lowest BCUT2D eigenvalue weighted by molar-refractivity contribution is 0.124. The minimum atomic E-state index is -3.48. The molecule has 0 heterocycles. The molecule has 17 heavy (non-hydrogen) atoms. The Kier molecular flexibility index (Phi) is 3.43. The predicted octanol–water partition coefficient (Wildman–Crippen LogP) is 1.96. The van der Waals surface area contributed by atoms with Gasteiger partial charge in [0.1, 0.15) is 0 Å². The smallest absolute Gasteiger partial charge is 0.264 e. The monoisotopic (exact) mass is 317 g/mol. The largest absolute Gasteiger partial charge is 0.265 e. The average molecular weight is 318 g/mol. The molecule has 1 unspecified atom stereocenters. The lowest BCUT2D eigenvalue weighted by atomic mass is 9.81. The number of rotatable bonds is 3. The minimum Gasteiger partial charge on any atom is -0.265 e. The van der Waals surface area contributed by atoms with Crippen LogP contribution in [0.15, 0.2) is 22.7 Å². The Labute approximate surface area is 109 Å². The summed E-state index contributed by atoms with van der Waals surface area (Å²) in [5.41, 5.74) is 0. The fraction of sp³-hybridized carbons (Fsp3) is 0.545. The van der Waals surface area contributed by atoms with Crippen molar-refractivity contribution in [3.05, 3.63) is 22.7 Å². The third-order valence-corrected chi connectivity index (χ3v) is 4.44. The summed E-state index contributed by atoms with van der Waals surface area (Å²) in [5, 5.41) is 8.75. The Balaban J connectivity index is 2.27. The molecule has 4 atom stereocenters. The van der Waals surface area contributed by atoms with E-state index in [0.29, 0.717) is 6.42 Å². The molecule has 2 bridgehead atoms. The van der Waals surface area contributed by atoms with Gasteiger partial charge in [0.25, 0.3) is 10.1 Å². The summed E-state index contributed by atoms with van der Waals surface area (Å²) in [7, 11) is -3.48. The first-order valence-electron chi connectivity index (χ1n) is 5.23. The van der Waals surface area contributed by atoms with Gasteiger partial charge in [0.2, 0.25) is 0 Å². The zero-order valence-corrected chi connectivity index (χ0v) is 11.6. The molecule has 0 amide bonds. The van der Waals surface area contributed by atoms with Crippen molar-refractivity contribution in [1.82, 2.24) is 0 Å². The zero-order valence-electron chi connectivity index (χ0n) is 9.21. The summed E-state index contributed by atoms with van der Waals surface area (Å²) >= 11 is 3.42. The fourth-order valence-electron chi connectivity index (χ4n) is 2.38. The van der Waals surface area contributed by atoms with Crippen LogP contribution < -0.4 is 0 Å². The number of halogens is 1. The van der Waals surface area contributed by atoms with Crippen molar-refractivity contribution < 1.29 is 12.6 Å². The fourth-order valence-corrected chi connectivity index (χ4v) is 3.75. The maximum atomic E-state index is 11.2. The lowest BCUT2D eigenvalue weighted by Crippen LogP contribution is -2.34. The van der Waals surface area contributed by atoms with Gasteiger partial charge in [-0.1, -0.05) is 34.2 Å². The van der Waals surface area contributed by atoms with Crippen LogP contribution in [0.4, 0.5) is 0 Å². The van der Waals surface area contributed by atoms with Crippen LogP contribution in [-0.4, -0.2) is 20.8 Å². The number of allylic oxidation sites excluding steroid dienone is 1. The van der Waals surface area contributed by atoms with E-state index in [4.69, 9.17) is 9.44 Å². The standard InChI is InChI=1S/C11H12BrNO3S/c1-17(14,15)16-11-8-3-2-7(4-5-13)9(11)6-10(8)12/h2-3,6-9,11H,4H2,1H3/t7-,8-,9-,11?/m0/s1. The molecule has 0 saturated heterocycles. The molecule has 0 aromatic rings. The van der Waals surface area contributed by atoms with Gasteiger partial charge >= 0.3 is 0 Å². The highest BCUT2D eigenvalue weighted by Crippen LogP contribution is 2.46. The third-order valence-electron chi connectivity index (χ3n) is 3.08. The van der Waals surface area contributed by atoms with Gasteiger partial charge in [0.15, 0.2) is 0 Å². The van der Waals surface area contributed by atoms with E-state index in [1.54, 1.807) is 0 Å². The summed E-state index contributed by atoms with van der Waals surface area (Å²) in [6.45, 7) is 0. The number of hydrogen-bond acceptors (Lipinski definition) is 4. The van der Waals surface area contributed by atoms with E-state index in [1.165, 1.54) is 0 Å². The van der Waals surface area contributed by atoms with E-state index in [0.717, 1.165) is 10.7 Å². The van der Waals surface area contributed by atoms with Crippen LogP contribution in [0.2, 0.25) is 0 Å². The minimum absolute atomic E-state index is 0.0260. The molecular formula is C11H12BrNO3S. The topological polar surface area (TPSA) is 67.2 Å². The van der Waals surface area contributed by atoms with E-state index in [-0.39, 0.29) is 17.8 Å². The van der Waals surface area contributed by atoms with Crippen molar-refractivity contribution in [2.75, 3.05) is 6.26 Å². The van der Waals surface area contributed by atoms with Crippen molar-refractivity contribution in [3.8, 4) is 6.07 Å². The molecule has 0 spiro atoms. The SMILES string of the molecule is CS(=O)(=O)OC1[C@H]2C=C(Br)[C@@H]1C=C[C@H]2CC#N. The second kappa shape index (κ2) is 4.56. The quantitative estimate of drug-likeness (QED) is 0.589. The summed E-state index contributed by atoms with van der Waals surface area (Å²) in [6, 6.07) is 2.12. The average Bonchev–Trinajstić information content (AvgIpc) is 2.40. The second-order valence-electron chi connectivity index (χ2n) is 4.33. The van der Waals surface area contributed by atoms with E-state index < -0.39 is 16.2 Å². The van der Waals surface area contributed by atoms with E-state index in [2.05, 4.69) is 22.0 Å². The van der Waals surface area contributed by atoms with Gasteiger partial charge in [-0.15, -0.1) is 0 Å². The van der Waals surface area contributed by atoms with Crippen LogP contribution in [0.5, 0.6) is 0 Å². The molecule has 0 saturated carbocycles. The Morgan fingerprint density at radius 1 is 1.53 bits per heavy atom. The third kappa shape index (κ3) is 2.62. The molecular weight excluding hydrogens is 306 g/mol. The van der Waals surface area contributed by atoms with Gasteiger partial charge in [0, 0.05) is 22.7 Å². The second-order valence-corrected chi connectivity index (χ2v) is 6.85. The van der Waals surface area contributed by atoms with Crippen molar-refractivity contribution in [2.24, 2.45) is 17.8 Å². The molecule has 0 fully saturated rings. The number of nitrogens with zero attached hydrogens (tertiary/aromatic N) is 1. The molecule has 6 heteroatoms. The highest BCUT2D eigenvalue weighted by Gasteiger charge is 2.43. The van der Waals surface area contributed by atoms with Gasteiger partial charge in [-0.2, -0.15) is 13.7 Å². The van der Waals surface area contributed by atoms with Crippen LogP contribution in [0.1, 0.15) is 6.42 Å². The predicted molar refractivity (Wildman–Crippen MR) is 66.6 cm³/mol. The van der Waals surface area contributed by atoms with Gasteiger partial charge in [-0.3, -0.25) is 4.18 Å². The maximum absolute atomic E-state index is 11.2. The summed E-state index contributed by atoms with van der Waals surface area (Å²) in [4.78, 5) is 0. The van der Waals surface area contributed by atoms with Gasteiger partial charge in [-0.05, 0) is 5.92 Å². The van der Waals surface area contributed by atoms with Gasteiger partial charge in [0.05, 0.1) is 18.4 Å². The zero-order chi connectivity index (χ0) is 12.6. The van der Waals surface area contributed by atoms with Crippen LogP contribution >= 0.6 is 15.9 Å². The van der Waals surface area contributed by atoms with E-state index >= 15 is 0 Å². The van der Waals surface area contributed by atoms with E-state index in [9.17, 15) is 8.42 Å². The Hall–Kier alpha value is -0.640. The molecule has 92 valence electrons. The van der Waals surface area contributed by atoms with E-state index in [1.807, 2.05) is 18.2 Å². The van der Waals surface area contributed by atoms with Crippen LogP contribution in [0.3, 0.4) is 0 Å². The van der Waals surface area contributed by atoms with Crippen LogP contribution in [0.25, 0.3) is 0 Å². The van der Waals surface area contributed by atoms with Gasteiger partial charge in [-0.25, -0.2) is 0 Å². The molecule has 4 nitrogen and oxygen atoms in total. The number of hydrogen-bond donors (Lipinski definition) is 0. The number of nitriles is 1. The molecule has 0 aliphatic heterocycles. The first kappa shape index (κ1) is 12.8. The molecule has 2 aliphatic rings. The molecule has 2 aliphatic carbocycles. The first-order valence-corrected chi connectivity index (χ1v) is 7.84. The molecule has 0 radical (unpaired) electrons. The number of fused-ring (bicyclic) bond motifs is 2. The summed E-state index contributed by atoms with van der Waals surface area (Å²) in [6.07, 6.45) is 6.87. The maximum Gasteiger partial charge on any atom is 0.264 e. The van der Waals surface area contributed by atoms with Crippen LogP contribution in [0, 0.1) is 29.1 Å². The molecule has 2 rings (SSSR count). The molecule has 0 aromatic carbocycles. The normalized spacial score (nSPS) is 35.5. The van der Waals surface area contributed by atoms with Crippen molar-refractivity contribution in [3.63, 3.8) is 0 Å². The Morgan fingerprint density at radius 3 is 2.82 bits per heavy atom. The molecule has 0 aromatic heterocycles. The Bertz CT molecular complexity index is 517. The first-order chi connectivity index (χ1) is 7.92. The summed E-state index contributed by atoms with van der Waals surface area (Å²) < 4.78 is 28.6. The van der Waals surface area contributed by atoms with Gasteiger partial charge < -0.3 is 0 Å². The summed E-state index contributed by atoms with van der Waals surface area (Å²) in [5.74, 6) is -0.0727.